The van der Waals surface area contributed by atoms with Gasteiger partial charge in [0, 0.05) is 40.4 Å². The van der Waals surface area contributed by atoms with Crippen molar-refractivity contribution < 1.29 is 9.21 Å². The lowest BCUT2D eigenvalue weighted by atomic mass is 10.1. The summed E-state index contributed by atoms with van der Waals surface area (Å²) >= 11 is 8.20. The molecule has 0 saturated heterocycles. The van der Waals surface area contributed by atoms with Gasteiger partial charge in [0.1, 0.15) is 11.1 Å². The van der Waals surface area contributed by atoms with Gasteiger partial charge < -0.3 is 20.4 Å². The maximum absolute atomic E-state index is 12.9. The van der Waals surface area contributed by atoms with Crippen LogP contribution in [0.3, 0.4) is 0 Å². The SMILES string of the molecule is CCN(CC)c1ccc2cc(C(=O)Nc3ccc(Br)cc3)/c(=N\NC(N)=S)oc2c1. The van der Waals surface area contributed by atoms with Gasteiger partial charge in [-0.1, -0.05) is 15.9 Å². The summed E-state index contributed by atoms with van der Waals surface area (Å²) in [5.74, 6) is -0.362. The molecule has 0 aliphatic carbocycles. The van der Waals surface area contributed by atoms with E-state index >= 15 is 0 Å². The van der Waals surface area contributed by atoms with E-state index in [-0.39, 0.29) is 22.1 Å². The number of carbonyl (C=O) groups is 1. The third kappa shape index (κ3) is 5.17. The van der Waals surface area contributed by atoms with E-state index in [9.17, 15) is 4.79 Å². The number of fused-ring (bicyclic) bond motifs is 1. The molecule has 7 nitrogen and oxygen atoms in total. The van der Waals surface area contributed by atoms with Crippen LogP contribution in [0.4, 0.5) is 11.4 Å². The third-order valence-electron chi connectivity index (χ3n) is 4.48. The van der Waals surface area contributed by atoms with Crippen molar-refractivity contribution in [2.75, 3.05) is 23.3 Å². The number of nitrogens with zero attached hydrogens (tertiary/aromatic N) is 2. The summed E-state index contributed by atoms with van der Waals surface area (Å²) in [6.07, 6.45) is 0. The molecular weight excluding hydrogens is 466 g/mol. The first-order valence-corrected chi connectivity index (χ1v) is 10.6. The van der Waals surface area contributed by atoms with Gasteiger partial charge >= 0.3 is 0 Å². The first-order chi connectivity index (χ1) is 14.4. The zero-order valence-electron chi connectivity index (χ0n) is 16.6. The number of hydrogen-bond acceptors (Lipinski definition) is 5. The molecule has 0 aliphatic heterocycles. The molecule has 0 bridgehead atoms. The topological polar surface area (TPSA) is 95.9 Å². The van der Waals surface area contributed by atoms with E-state index < -0.39 is 0 Å². The molecule has 1 amide bonds. The van der Waals surface area contributed by atoms with Crippen LogP contribution in [-0.2, 0) is 0 Å². The van der Waals surface area contributed by atoms with E-state index in [0.717, 1.165) is 28.6 Å². The lowest BCUT2D eigenvalue weighted by Gasteiger charge is -2.21. The number of thiocarbonyl (C=S) groups is 1. The number of halogens is 1. The monoisotopic (exact) mass is 487 g/mol. The molecule has 1 heterocycles. The maximum Gasteiger partial charge on any atom is 0.261 e. The Morgan fingerprint density at radius 3 is 2.50 bits per heavy atom. The van der Waals surface area contributed by atoms with Crippen molar-refractivity contribution in [1.29, 1.82) is 0 Å². The fraction of sp³-hybridized carbons (Fsp3) is 0.190. The van der Waals surface area contributed by atoms with Crippen LogP contribution < -0.4 is 26.9 Å². The van der Waals surface area contributed by atoms with Gasteiger partial charge in [-0.2, -0.15) is 0 Å². The summed E-state index contributed by atoms with van der Waals surface area (Å²) in [5, 5.41) is 7.68. The van der Waals surface area contributed by atoms with Gasteiger partial charge in [-0.05, 0) is 68.5 Å². The fourth-order valence-corrected chi connectivity index (χ4v) is 3.29. The van der Waals surface area contributed by atoms with Crippen molar-refractivity contribution >= 4 is 61.5 Å². The third-order valence-corrected chi connectivity index (χ3v) is 5.10. The van der Waals surface area contributed by atoms with Crippen molar-refractivity contribution in [2.24, 2.45) is 10.8 Å². The highest BCUT2D eigenvalue weighted by molar-refractivity contribution is 9.10. The van der Waals surface area contributed by atoms with E-state index in [2.05, 4.69) is 50.5 Å². The minimum Gasteiger partial charge on any atom is -0.436 e. The lowest BCUT2D eigenvalue weighted by molar-refractivity contribution is 0.102. The second-order valence-electron chi connectivity index (χ2n) is 6.41. The summed E-state index contributed by atoms with van der Waals surface area (Å²) < 4.78 is 6.88. The van der Waals surface area contributed by atoms with E-state index in [1.807, 2.05) is 30.3 Å². The number of benzene rings is 2. The molecule has 4 N–H and O–H groups in total. The zero-order chi connectivity index (χ0) is 21.7. The van der Waals surface area contributed by atoms with Crippen LogP contribution in [0.15, 0.2) is 62.5 Å². The average Bonchev–Trinajstić information content (AvgIpc) is 2.74. The summed E-state index contributed by atoms with van der Waals surface area (Å²) in [6.45, 7) is 5.92. The summed E-state index contributed by atoms with van der Waals surface area (Å²) in [4.78, 5) is 15.1. The van der Waals surface area contributed by atoms with Crippen LogP contribution in [0.1, 0.15) is 24.2 Å². The predicted octanol–water partition coefficient (Wildman–Crippen LogP) is 3.94. The minimum absolute atomic E-state index is 0.0264. The fourth-order valence-electron chi connectivity index (χ4n) is 2.98. The number of nitrogens with two attached hydrogens (primary N) is 1. The van der Waals surface area contributed by atoms with Gasteiger partial charge in [0.15, 0.2) is 5.11 Å². The minimum atomic E-state index is -0.362. The molecule has 2 aromatic carbocycles. The number of carbonyl (C=O) groups excluding carboxylic acids is 1. The first kappa shape index (κ1) is 21.8. The molecule has 0 unspecified atom stereocenters. The Morgan fingerprint density at radius 1 is 1.17 bits per heavy atom. The number of hydrogen-bond donors (Lipinski definition) is 3. The van der Waals surface area contributed by atoms with Crippen molar-refractivity contribution in [2.45, 2.75) is 13.8 Å². The van der Waals surface area contributed by atoms with Gasteiger partial charge in [0.2, 0.25) is 5.55 Å². The van der Waals surface area contributed by atoms with Crippen LogP contribution in [0.2, 0.25) is 0 Å². The van der Waals surface area contributed by atoms with Gasteiger partial charge in [0.05, 0.1) is 0 Å². The lowest BCUT2D eigenvalue weighted by Crippen LogP contribution is -2.29. The van der Waals surface area contributed by atoms with Gasteiger partial charge in [-0.3, -0.25) is 10.2 Å². The number of anilines is 2. The smallest absolute Gasteiger partial charge is 0.261 e. The second kappa shape index (κ2) is 9.73. The molecule has 9 heteroatoms. The first-order valence-electron chi connectivity index (χ1n) is 9.40. The van der Waals surface area contributed by atoms with Crippen molar-refractivity contribution in [1.82, 2.24) is 5.43 Å². The number of rotatable bonds is 6. The van der Waals surface area contributed by atoms with Crippen LogP contribution in [-0.4, -0.2) is 24.1 Å². The molecule has 1 aromatic heterocycles. The van der Waals surface area contributed by atoms with Crippen molar-refractivity contribution in [3.63, 3.8) is 0 Å². The largest absolute Gasteiger partial charge is 0.436 e. The average molecular weight is 488 g/mol. The van der Waals surface area contributed by atoms with E-state index in [1.54, 1.807) is 18.2 Å². The molecule has 0 spiro atoms. The molecule has 0 atom stereocenters. The molecular formula is C21H22BrN5O2S. The maximum atomic E-state index is 12.9. The Kier molecular flexibility index (Phi) is 7.07. The molecule has 0 fully saturated rings. The Bertz CT molecular complexity index is 1140. The number of amides is 1. The van der Waals surface area contributed by atoms with E-state index in [4.69, 9.17) is 22.4 Å². The standard InChI is InChI=1S/C21H22BrN5O2S/c1-3-27(4-2)16-10-5-13-11-17(19(28)24-15-8-6-14(22)7-9-15)20(25-26-21(23)30)29-18(13)12-16/h5-12H,3-4H2,1-2H3,(H,24,28)(H3,23,26,30)/b25-20+. The van der Waals surface area contributed by atoms with Gasteiger partial charge in [-0.25, -0.2) is 0 Å². The predicted molar refractivity (Wildman–Crippen MR) is 127 cm³/mol. The second-order valence-corrected chi connectivity index (χ2v) is 7.76. The van der Waals surface area contributed by atoms with Gasteiger partial charge in [-0.15, -0.1) is 5.10 Å². The van der Waals surface area contributed by atoms with Crippen LogP contribution >= 0.6 is 28.1 Å². The molecule has 0 saturated carbocycles. The summed E-state index contributed by atoms with van der Waals surface area (Å²) in [6, 6.07) is 14.9. The summed E-state index contributed by atoms with van der Waals surface area (Å²) in [5.41, 5.74) is 10.6. The van der Waals surface area contributed by atoms with Crippen LogP contribution in [0.25, 0.3) is 11.0 Å². The molecule has 30 heavy (non-hydrogen) atoms. The molecule has 3 aromatic rings. The quantitative estimate of drug-likeness (QED) is 0.359. The zero-order valence-corrected chi connectivity index (χ0v) is 19.0. The normalized spacial score (nSPS) is 11.4. The highest BCUT2D eigenvalue weighted by atomic mass is 79.9. The highest BCUT2D eigenvalue weighted by Gasteiger charge is 2.14. The molecule has 3 rings (SSSR count). The van der Waals surface area contributed by atoms with Crippen LogP contribution in [0, 0.1) is 0 Å². The van der Waals surface area contributed by atoms with Crippen LogP contribution in [0.5, 0.6) is 0 Å². The Balaban J connectivity index is 2.06. The van der Waals surface area contributed by atoms with E-state index in [1.165, 1.54) is 0 Å². The Morgan fingerprint density at radius 2 is 1.87 bits per heavy atom. The molecule has 0 aliphatic rings. The summed E-state index contributed by atoms with van der Waals surface area (Å²) in [7, 11) is 0. The Labute approximate surface area is 188 Å². The molecule has 156 valence electrons. The van der Waals surface area contributed by atoms with Crippen molar-refractivity contribution in [3.05, 3.63) is 64.1 Å². The van der Waals surface area contributed by atoms with E-state index in [0.29, 0.717) is 11.3 Å². The number of nitrogens with one attached hydrogen (secondary N) is 2. The van der Waals surface area contributed by atoms with Crippen molar-refractivity contribution in [3.8, 4) is 0 Å². The van der Waals surface area contributed by atoms with Gasteiger partial charge in [0.25, 0.3) is 5.91 Å². The highest BCUT2D eigenvalue weighted by Crippen LogP contribution is 2.22. The molecule has 0 radical (unpaired) electrons. The Hall–Kier alpha value is -2.91.